The van der Waals surface area contributed by atoms with Gasteiger partial charge < -0.3 is 15.2 Å². The summed E-state index contributed by atoms with van der Waals surface area (Å²) >= 11 is 5.91. The molecule has 1 aliphatic rings. The molecular weight excluding hydrogens is 366 g/mol. The number of H-pyrrole nitrogens is 1. The normalized spacial score (nSPS) is 16.4. The number of urea groups is 1. The van der Waals surface area contributed by atoms with Crippen LogP contribution < -0.4 is 5.32 Å². The van der Waals surface area contributed by atoms with Crippen LogP contribution in [-0.2, 0) is 10.0 Å². The Morgan fingerprint density at radius 2 is 2.08 bits per heavy atom. The number of amides is 2. The first kappa shape index (κ1) is 17.7. The van der Waals surface area contributed by atoms with Crippen LogP contribution >= 0.6 is 11.6 Å². The van der Waals surface area contributed by atoms with Crippen LogP contribution in [0.2, 0.25) is 5.02 Å². The molecule has 0 unspecified atom stereocenters. The molecule has 0 radical (unpaired) electrons. The molecule has 2 heterocycles. The molecule has 0 bridgehead atoms. The highest BCUT2D eigenvalue weighted by molar-refractivity contribution is 7.89. The number of carbonyl (C=O) groups is 1. The van der Waals surface area contributed by atoms with Crippen molar-refractivity contribution in [3.63, 3.8) is 0 Å². The van der Waals surface area contributed by atoms with Crippen LogP contribution in [-0.4, -0.2) is 59.8 Å². The Kier molecular flexibility index (Phi) is 5.26. The SMILES string of the molecule is O=C(Nc1cccc(Cl)c1)N1CCCN(S(=O)(=O)c2cnc[nH]2)CC1. The first-order valence-electron chi connectivity index (χ1n) is 7.77. The van der Waals surface area contributed by atoms with E-state index in [0.717, 1.165) is 0 Å². The fourth-order valence-electron chi connectivity index (χ4n) is 2.63. The summed E-state index contributed by atoms with van der Waals surface area (Å²) in [5.74, 6) is 0. The molecule has 1 aliphatic heterocycles. The van der Waals surface area contributed by atoms with Crippen molar-refractivity contribution >= 4 is 33.3 Å². The summed E-state index contributed by atoms with van der Waals surface area (Å²) in [4.78, 5) is 20.4. The van der Waals surface area contributed by atoms with Crippen LogP contribution in [0.25, 0.3) is 0 Å². The Bertz CT molecular complexity index is 841. The van der Waals surface area contributed by atoms with Gasteiger partial charge in [-0.3, -0.25) is 0 Å². The summed E-state index contributed by atoms with van der Waals surface area (Å²) in [7, 11) is -3.62. The maximum Gasteiger partial charge on any atom is 0.321 e. The average Bonchev–Trinajstić information content (AvgIpc) is 3.00. The van der Waals surface area contributed by atoms with E-state index in [1.54, 1.807) is 29.2 Å². The van der Waals surface area contributed by atoms with Gasteiger partial charge in [0.2, 0.25) is 0 Å². The van der Waals surface area contributed by atoms with E-state index in [-0.39, 0.29) is 17.6 Å². The summed E-state index contributed by atoms with van der Waals surface area (Å²) in [5.41, 5.74) is 0.601. The molecule has 1 aromatic heterocycles. The van der Waals surface area contributed by atoms with Crippen molar-refractivity contribution in [1.29, 1.82) is 0 Å². The van der Waals surface area contributed by atoms with Gasteiger partial charge in [-0.2, -0.15) is 4.31 Å². The lowest BCUT2D eigenvalue weighted by molar-refractivity contribution is 0.214. The molecule has 2 aromatic rings. The van der Waals surface area contributed by atoms with E-state index in [1.807, 2.05) is 0 Å². The van der Waals surface area contributed by atoms with Gasteiger partial charge in [0, 0.05) is 36.9 Å². The molecule has 0 atom stereocenters. The van der Waals surface area contributed by atoms with Crippen LogP contribution in [0.4, 0.5) is 10.5 Å². The number of imidazole rings is 1. The fraction of sp³-hybridized carbons (Fsp3) is 0.333. The summed E-state index contributed by atoms with van der Waals surface area (Å²) in [5, 5.41) is 3.37. The van der Waals surface area contributed by atoms with Gasteiger partial charge >= 0.3 is 6.03 Å². The molecule has 2 amide bonds. The number of hydrogen-bond acceptors (Lipinski definition) is 4. The number of anilines is 1. The van der Waals surface area contributed by atoms with Gasteiger partial charge in [0.25, 0.3) is 10.0 Å². The number of sulfonamides is 1. The third kappa shape index (κ3) is 4.12. The largest absolute Gasteiger partial charge is 0.335 e. The monoisotopic (exact) mass is 383 g/mol. The number of aromatic amines is 1. The standard InChI is InChI=1S/C15H18ClN5O3S/c16-12-3-1-4-13(9-12)19-15(22)20-5-2-6-21(8-7-20)25(23,24)14-10-17-11-18-14/h1,3-4,9-11H,2,5-8H2,(H,17,18)(H,19,22). The van der Waals surface area contributed by atoms with Gasteiger partial charge in [-0.15, -0.1) is 0 Å². The lowest BCUT2D eigenvalue weighted by atomic mass is 10.3. The lowest BCUT2D eigenvalue weighted by Crippen LogP contribution is -2.39. The Morgan fingerprint density at radius 3 is 2.80 bits per heavy atom. The zero-order chi connectivity index (χ0) is 17.9. The van der Waals surface area contributed by atoms with Crippen molar-refractivity contribution in [2.45, 2.75) is 11.4 Å². The number of benzene rings is 1. The molecule has 0 aliphatic carbocycles. The number of carbonyl (C=O) groups excluding carboxylic acids is 1. The summed E-state index contributed by atoms with van der Waals surface area (Å²) in [6, 6.07) is 6.60. The van der Waals surface area contributed by atoms with Crippen molar-refractivity contribution in [1.82, 2.24) is 19.2 Å². The fourth-order valence-corrected chi connectivity index (χ4v) is 4.18. The van der Waals surface area contributed by atoms with E-state index in [4.69, 9.17) is 11.6 Å². The molecule has 0 saturated carbocycles. The third-order valence-electron chi connectivity index (χ3n) is 3.91. The van der Waals surface area contributed by atoms with Crippen molar-refractivity contribution in [2.75, 3.05) is 31.5 Å². The molecule has 2 N–H and O–H groups in total. The highest BCUT2D eigenvalue weighted by Gasteiger charge is 2.29. The number of hydrogen-bond donors (Lipinski definition) is 2. The Labute approximate surface area is 150 Å². The van der Waals surface area contributed by atoms with Gasteiger partial charge in [-0.25, -0.2) is 18.2 Å². The summed E-state index contributed by atoms with van der Waals surface area (Å²) in [6.45, 7) is 1.35. The van der Waals surface area contributed by atoms with Crippen LogP contribution in [0, 0.1) is 0 Å². The minimum Gasteiger partial charge on any atom is -0.335 e. The van der Waals surface area contributed by atoms with Crippen LogP contribution in [0.15, 0.2) is 41.8 Å². The molecule has 1 saturated heterocycles. The van der Waals surface area contributed by atoms with Gasteiger partial charge in [-0.1, -0.05) is 17.7 Å². The summed E-state index contributed by atoms with van der Waals surface area (Å²) < 4.78 is 26.4. The molecule has 25 heavy (non-hydrogen) atoms. The van der Waals surface area contributed by atoms with Gasteiger partial charge in [-0.05, 0) is 24.6 Å². The highest BCUT2D eigenvalue weighted by atomic mass is 35.5. The van der Waals surface area contributed by atoms with Gasteiger partial charge in [0.1, 0.15) is 0 Å². The Hall–Kier alpha value is -2.10. The average molecular weight is 384 g/mol. The molecule has 10 heteroatoms. The number of rotatable bonds is 3. The highest BCUT2D eigenvalue weighted by Crippen LogP contribution is 2.17. The molecule has 1 aromatic carbocycles. The minimum atomic E-state index is -3.62. The first-order valence-corrected chi connectivity index (χ1v) is 9.58. The molecule has 8 nitrogen and oxygen atoms in total. The number of halogens is 1. The maximum absolute atomic E-state index is 12.5. The van der Waals surface area contributed by atoms with E-state index >= 15 is 0 Å². The quantitative estimate of drug-likeness (QED) is 0.846. The van der Waals surface area contributed by atoms with Crippen molar-refractivity contribution in [2.24, 2.45) is 0 Å². The van der Waals surface area contributed by atoms with E-state index in [0.29, 0.717) is 36.8 Å². The van der Waals surface area contributed by atoms with Crippen LogP contribution in [0.5, 0.6) is 0 Å². The molecule has 0 spiro atoms. The predicted molar refractivity (Wildman–Crippen MR) is 94.0 cm³/mol. The third-order valence-corrected chi connectivity index (χ3v) is 5.97. The molecule has 3 rings (SSSR count). The number of aromatic nitrogens is 2. The Morgan fingerprint density at radius 1 is 1.24 bits per heavy atom. The van der Waals surface area contributed by atoms with Crippen molar-refractivity contribution in [3.8, 4) is 0 Å². The van der Waals surface area contributed by atoms with Crippen molar-refractivity contribution < 1.29 is 13.2 Å². The number of nitrogens with zero attached hydrogens (tertiary/aromatic N) is 3. The molecule has 1 fully saturated rings. The van der Waals surface area contributed by atoms with E-state index in [9.17, 15) is 13.2 Å². The second-order valence-corrected chi connectivity index (χ2v) is 7.94. The second kappa shape index (κ2) is 7.42. The van der Waals surface area contributed by atoms with Gasteiger partial charge in [0.05, 0.1) is 12.5 Å². The van der Waals surface area contributed by atoms with E-state index < -0.39 is 10.0 Å². The van der Waals surface area contributed by atoms with Crippen LogP contribution in [0.3, 0.4) is 0 Å². The predicted octanol–water partition coefficient (Wildman–Crippen LogP) is 1.99. The topological polar surface area (TPSA) is 98.4 Å². The van der Waals surface area contributed by atoms with Gasteiger partial charge in [0.15, 0.2) is 5.03 Å². The molecule has 134 valence electrons. The molecular formula is C15H18ClN5O3S. The minimum absolute atomic E-state index is 0.0596. The maximum atomic E-state index is 12.5. The summed E-state index contributed by atoms with van der Waals surface area (Å²) in [6.07, 6.45) is 3.16. The lowest BCUT2D eigenvalue weighted by Gasteiger charge is -2.22. The zero-order valence-electron chi connectivity index (χ0n) is 13.4. The van der Waals surface area contributed by atoms with Crippen LogP contribution in [0.1, 0.15) is 6.42 Å². The van der Waals surface area contributed by atoms with E-state index in [2.05, 4.69) is 15.3 Å². The second-order valence-electron chi connectivity index (χ2n) is 5.60. The first-order chi connectivity index (χ1) is 12.0. The van der Waals surface area contributed by atoms with E-state index in [1.165, 1.54) is 16.8 Å². The van der Waals surface area contributed by atoms with Crippen molar-refractivity contribution in [3.05, 3.63) is 41.8 Å². The zero-order valence-corrected chi connectivity index (χ0v) is 14.9. The number of nitrogens with one attached hydrogen (secondary N) is 2. The Balaban J connectivity index is 1.64. The smallest absolute Gasteiger partial charge is 0.321 e.